The van der Waals surface area contributed by atoms with Crippen LogP contribution in [0.1, 0.15) is 25.7 Å². The summed E-state index contributed by atoms with van der Waals surface area (Å²) in [5.74, 6) is -0.861. The van der Waals surface area contributed by atoms with Crippen LogP contribution >= 0.6 is 0 Å². The predicted octanol–water partition coefficient (Wildman–Crippen LogP) is 1.84. The lowest BCUT2D eigenvalue weighted by Crippen LogP contribution is -2.47. The number of rotatable bonds is 4. The second-order valence-electron chi connectivity index (χ2n) is 4.66. The second-order valence-corrected chi connectivity index (χ2v) is 4.66. The summed E-state index contributed by atoms with van der Waals surface area (Å²) in [4.78, 5) is 23.3. The standard InChI is InChI=1S/C11H17F3N2O3/c12-11(13,14)7-15-10(19)16-5-1-2-8(6-16)3-4-9(17)18/h8H,1-7H2,(H,15,19)(H,17,18). The minimum absolute atomic E-state index is 0.0165. The summed E-state index contributed by atoms with van der Waals surface area (Å²) in [6, 6.07) is -0.739. The van der Waals surface area contributed by atoms with Crippen LogP contribution in [0.2, 0.25) is 0 Å². The number of aliphatic carboxylic acids is 1. The maximum Gasteiger partial charge on any atom is 0.405 e. The number of carboxylic acid groups (broad SMARTS) is 1. The second kappa shape index (κ2) is 6.63. The summed E-state index contributed by atoms with van der Waals surface area (Å²) >= 11 is 0. The third kappa shape index (κ3) is 6.30. The largest absolute Gasteiger partial charge is 0.481 e. The van der Waals surface area contributed by atoms with Crippen molar-refractivity contribution in [3.8, 4) is 0 Å². The van der Waals surface area contributed by atoms with Gasteiger partial charge in [0.25, 0.3) is 0 Å². The zero-order valence-corrected chi connectivity index (χ0v) is 10.4. The zero-order valence-electron chi connectivity index (χ0n) is 10.4. The van der Waals surface area contributed by atoms with Gasteiger partial charge in [-0.3, -0.25) is 4.79 Å². The van der Waals surface area contributed by atoms with Crippen molar-refractivity contribution in [2.24, 2.45) is 5.92 Å². The van der Waals surface area contributed by atoms with Gasteiger partial charge in [-0.1, -0.05) is 0 Å². The van der Waals surface area contributed by atoms with Crippen LogP contribution in [0.3, 0.4) is 0 Å². The van der Waals surface area contributed by atoms with Crippen LogP contribution in [0.4, 0.5) is 18.0 Å². The molecule has 0 radical (unpaired) electrons. The first-order valence-electron chi connectivity index (χ1n) is 6.09. The van der Waals surface area contributed by atoms with Crippen LogP contribution in [0.15, 0.2) is 0 Å². The molecule has 0 aromatic carbocycles. The molecule has 0 aliphatic carbocycles. The summed E-state index contributed by atoms with van der Waals surface area (Å²) in [6.45, 7) is -0.619. The van der Waals surface area contributed by atoms with Crippen molar-refractivity contribution in [1.82, 2.24) is 10.2 Å². The van der Waals surface area contributed by atoms with Gasteiger partial charge < -0.3 is 15.3 Å². The molecule has 1 heterocycles. The number of piperidine rings is 1. The van der Waals surface area contributed by atoms with Gasteiger partial charge in [0.05, 0.1) is 0 Å². The Labute approximate surface area is 108 Å². The number of nitrogens with one attached hydrogen (secondary N) is 1. The minimum atomic E-state index is -4.42. The molecule has 19 heavy (non-hydrogen) atoms. The molecular formula is C11H17F3N2O3. The van der Waals surface area contributed by atoms with Crippen LogP contribution in [-0.4, -0.2) is 47.8 Å². The maximum atomic E-state index is 12.0. The van der Waals surface area contributed by atoms with Crippen LogP contribution in [0, 0.1) is 5.92 Å². The number of hydrogen-bond acceptors (Lipinski definition) is 2. The summed E-state index contributed by atoms with van der Waals surface area (Å²) in [5.41, 5.74) is 0. The van der Waals surface area contributed by atoms with Gasteiger partial charge in [0.1, 0.15) is 6.54 Å². The van der Waals surface area contributed by atoms with Crippen molar-refractivity contribution in [2.45, 2.75) is 31.9 Å². The molecular weight excluding hydrogens is 265 g/mol. The molecule has 0 aromatic rings. The Morgan fingerprint density at radius 3 is 2.63 bits per heavy atom. The molecule has 0 aromatic heterocycles. The number of amides is 2. The highest BCUT2D eigenvalue weighted by atomic mass is 19.4. The Bertz CT molecular complexity index is 334. The molecule has 1 aliphatic rings. The number of carbonyl (C=O) groups is 2. The summed E-state index contributed by atoms with van der Waals surface area (Å²) in [7, 11) is 0. The van der Waals surface area contributed by atoms with Crippen LogP contribution < -0.4 is 5.32 Å². The fourth-order valence-electron chi connectivity index (χ4n) is 2.10. The average Bonchev–Trinajstić information content (AvgIpc) is 2.33. The van der Waals surface area contributed by atoms with Gasteiger partial charge in [-0.05, 0) is 25.2 Å². The normalized spacial score (nSPS) is 20.2. The molecule has 0 saturated carbocycles. The predicted molar refractivity (Wildman–Crippen MR) is 60.6 cm³/mol. The van der Waals surface area contributed by atoms with E-state index in [0.717, 1.165) is 6.42 Å². The van der Waals surface area contributed by atoms with Gasteiger partial charge in [-0.25, -0.2) is 4.79 Å². The fourth-order valence-corrected chi connectivity index (χ4v) is 2.10. The molecule has 2 amide bonds. The molecule has 0 bridgehead atoms. The molecule has 110 valence electrons. The molecule has 1 atom stereocenters. The third-order valence-electron chi connectivity index (χ3n) is 3.01. The Morgan fingerprint density at radius 1 is 1.37 bits per heavy atom. The molecule has 1 fully saturated rings. The van der Waals surface area contributed by atoms with E-state index in [1.54, 1.807) is 0 Å². The van der Waals surface area contributed by atoms with Crippen molar-refractivity contribution in [2.75, 3.05) is 19.6 Å². The van der Waals surface area contributed by atoms with E-state index in [1.165, 1.54) is 4.90 Å². The highest BCUT2D eigenvalue weighted by molar-refractivity contribution is 5.74. The molecule has 1 unspecified atom stereocenters. The van der Waals surface area contributed by atoms with E-state index in [2.05, 4.69) is 0 Å². The number of hydrogen-bond donors (Lipinski definition) is 2. The average molecular weight is 282 g/mol. The number of nitrogens with zero attached hydrogens (tertiary/aromatic N) is 1. The molecule has 1 rings (SSSR count). The lowest BCUT2D eigenvalue weighted by atomic mass is 9.93. The minimum Gasteiger partial charge on any atom is -0.481 e. The van der Waals surface area contributed by atoms with E-state index in [0.29, 0.717) is 25.9 Å². The quantitative estimate of drug-likeness (QED) is 0.826. The van der Waals surface area contributed by atoms with Crippen molar-refractivity contribution < 1.29 is 27.9 Å². The number of carboxylic acids is 1. The van der Waals surface area contributed by atoms with Crippen molar-refractivity contribution >= 4 is 12.0 Å². The Morgan fingerprint density at radius 2 is 2.05 bits per heavy atom. The van der Waals surface area contributed by atoms with Gasteiger partial charge in [-0.2, -0.15) is 13.2 Å². The van der Waals surface area contributed by atoms with Gasteiger partial charge in [0.15, 0.2) is 0 Å². The monoisotopic (exact) mass is 282 g/mol. The molecule has 1 saturated heterocycles. The summed E-state index contributed by atoms with van der Waals surface area (Å²) < 4.78 is 35.9. The van der Waals surface area contributed by atoms with Crippen LogP contribution in [0.25, 0.3) is 0 Å². The topological polar surface area (TPSA) is 69.6 Å². The van der Waals surface area contributed by atoms with Gasteiger partial charge in [0.2, 0.25) is 0 Å². The summed E-state index contributed by atoms with van der Waals surface area (Å²) in [6.07, 6.45) is -2.48. The Kier molecular flexibility index (Phi) is 5.44. The number of alkyl halides is 3. The van der Waals surface area contributed by atoms with Gasteiger partial charge >= 0.3 is 18.2 Å². The molecule has 2 N–H and O–H groups in total. The van der Waals surface area contributed by atoms with Crippen LogP contribution in [0.5, 0.6) is 0 Å². The fraction of sp³-hybridized carbons (Fsp3) is 0.818. The molecule has 1 aliphatic heterocycles. The lowest BCUT2D eigenvalue weighted by molar-refractivity contribution is -0.137. The molecule has 8 heteroatoms. The van der Waals surface area contributed by atoms with E-state index in [9.17, 15) is 22.8 Å². The SMILES string of the molecule is O=C(O)CCC1CCCN(C(=O)NCC(F)(F)F)C1. The zero-order chi connectivity index (χ0) is 14.5. The summed E-state index contributed by atoms with van der Waals surface area (Å²) in [5, 5.41) is 10.4. The van der Waals surface area contributed by atoms with Crippen LogP contribution in [-0.2, 0) is 4.79 Å². The lowest BCUT2D eigenvalue weighted by Gasteiger charge is -2.32. The number of halogens is 3. The Hall–Kier alpha value is -1.47. The van der Waals surface area contributed by atoms with Gasteiger partial charge in [0, 0.05) is 19.5 Å². The van der Waals surface area contributed by atoms with Crippen molar-refractivity contribution in [1.29, 1.82) is 0 Å². The molecule has 5 nitrogen and oxygen atoms in total. The van der Waals surface area contributed by atoms with E-state index in [-0.39, 0.29) is 12.3 Å². The number of carbonyl (C=O) groups excluding carboxylic acids is 1. The number of urea groups is 1. The van der Waals surface area contributed by atoms with Crippen molar-refractivity contribution in [3.63, 3.8) is 0 Å². The highest BCUT2D eigenvalue weighted by Gasteiger charge is 2.30. The van der Waals surface area contributed by atoms with E-state index in [1.807, 2.05) is 5.32 Å². The third-order valence-corrected chi connectivity index (χ3v) is 3.01. The van der Waals surface area contributed by atoms with E-state index in [4.69, 9.17) is 5.11 Å². The highest BCUT2D eigenvalue weighted by Crippen LogP contribution is 2.21. The maximum absolute atomic E-state index is 12.0. The first-order chi connectivity index (χ1) is 8.78. The first-order valence-corrected chi connectivity index (χ1v) is 6.09. The van der Waals surface area contributed by atoms with E-state index >= 15 is 0 Å². The van der Waals surface area contributed by atoms with E-state index < -0.39 is 24.7 Å². The van der Waals surface area contributed by atoms with Crippen molar-refractivity contribution in [3.05, 3.63) is 0 Å². The van der Waals surface area contributed by atoms with Gasteiger partial charge in [-0.15, -0.1) is 0 Å². The smallest absolute Gasteiger partial charge is 0.405 e. The number of likely N-dealkylation sites (tertiary alicyclic amines) is 1. The first kappa shape index (κ1) is 15.6. The Balaban J connectivity index is 2.37. The molecule has 0 spiro atoms.